The number of amides is 1. The second-order valence-corrected chi connectivity index (χ2v) is 8.98. The molecule has 12 heteroatoms. The lowest BCUT2D eigenvalue weighted by molar-refractivity contribution is -0.145. The Hall–Kier alpha value is -3.80. The Balaban J connectivity index is 1.59. The Morgan fingerprint density at radius 1 is 1.03 bits per heavy atom. The summed E-state index contributed by atoms with van der Waals surface area (Å²) >= 11 is 0. The van der Waals surface area contributed by atoms with Crippen molar-refractivity contribution in [3.8, 4) is 5.75 Å². The number of ketones is 2. The first-order valence-electron chi connectivity index (χ1n) is 11.8. The number of aliphatic carboxylic acids is 1. The van der Waals surface area contributed by atoms with Crippen molar-refractivity contribution >= 4 is 23.4 Å². The number of carbonyl (C=O) groups is 4. The molecular weight excluding hydrogens is 512 g/mol. The lowest BCUT2D eigenvalue weighted by Crippen LogP contribution is -2.56. The average Bonchev–Trinajstić information content (AvgIpc) is 2.87. The molecule has 1 saturated heterocycles. The van der Waals surface area contributed by atoms with Crippen LogP contribution in [0, 0.1) is 29.2 Å². The maximum Gasteiger partial charge on any atom is 0.304 e. The van der Waals surface area contributed by atoms with Crippen molar-refractivity contribution in [1.29, 1.82) is 0 Å². The van der Waals surface area contributed by atoms with Gasteiger partial charge in [0.05, 0.1) is 19.0 Å². The number of carboxylic acids is 1. The monoisotopic (exact) mass is 538 g/mol. The molecule has 1 aliphatic rings. The average molecular weight is 538 g/mol. The molecule has 0 bridgehead atoms. The minimum absolute atomic E-state index is 0.0329. The van der Waals surface area contributed by atoms with Crippen molar-refractivity contribution in [2.75, 3.05) is 26.2 Å². The third-order valence-electron chi connectivity index (χ3n) is 6.25. The van der Waals surface area contributed by atoms with E-state index in [0.717, 1.165) is 5.56 Å². The third kappa shape index (κ3) is 7.15. The zero-order valence-electron chi connectivity index (χ0n) is 20.5. The van der Waals surface area contributed by atoms with Crippen LogP contribution in [0.15, 0.2) is 36.4 Å². The summed E-state index contributed by atoms with van der Waals surface area (Å²) in [4.78, 5) is 52.6. The highest BCUT2D eigenvalue weighted by Gasteiger charge is 2.34. The second-order valence-electron chi connectivity index (χ2n) is 8.98. The fourth-order valence-corrected chi connectivity index (χ4v) is 4.17. The molecule has 3 rings (SSSR count). The van der Waals surface area contributed by atoms with Crippen LogP contribution in [0.1, 0.15) is 25.3 Å². The number of carboxylic acid groups (broad SMARTS) is 1. The summed E-state index contributed by atoms with van der Waals surface area (Å²) in [5, 5.41) is 9.15. The number of halogens is 4. The van der Waals surface area contributed by atoms with E-state index in [1.807, 2.05) is 35.2 Å². The molecule has 204 valence electrons. The van der Waals surface area contributed by atoms with E-state index in [9.17, 15) is 36.7 Å². The maximum atomic E-state index is 13.8. The predicted molar refractivity (Wildman–Crippen MR) is 125 cm³/mol. The molecule has 2 atom stereocenters. The number of nitrogens with zero attached hydrogens (tertiary/aromatic N) is 2. The van der Waals surface area contributed by atoms with Crippen molar-refractivity contribution in [3.63, 3.8) is 0 Å². The highest BCUT2D eigenvalue weighted by molar-refractivity contribution is 5.93. The Labute approximate surface area is 215 Å². The number of rotatable bonds is 12. The molecule has 0 aromatic heterocycles. The van der Waals surface area contributed by atoms with E-state index in [4.69, 9.17) is 5.11 Å². The van der Waals surface area contributed by atoms with Gasteiger partial charge < -0.3 is 14.7 Å². The van der Waals surface area contributed by atoms with Gasteiger partial charge in [-0.1, -0.05) is 30.3 Å². The van der Waals surface area contributed by atoms with Crippen molar-refractivity contribution in [2.45, 2.75) is 32.4 Å². The standard InChI is InChI=1S/C26H26F4N2O6/c1-15-26(37)32(8-7-31(15)12-16-5-3-2-4-6-16)13-18(33)9-17(10-22(35)36)21(34)14-38-25-23(29)19(27)11-20(28)24(25)30/h2-6,11,15,17H,7-10,12-14H2,1H3,(H,35,36)/t15-,17+/m1/s1. The van der Waals surface area contributed by atoms with Gasteiger partial charge >= 0.3 is 5.97 Å². The smallest absolute Gasteiger partial charge is 0.304 e. The fourth-order valence-electron chi connectivity index (χ4n) is 4.17. The van der Waals surface area contributed by atoms with Gasteiger partial charge in [0.1, 0.15) is 6.61 Å². The topological polar surface area (TPSA) is 104 Å². The molecular formula is C26H26F4N2O6. The molecule has 38 heavy (non-hydrogen) atoms. The van der Waals surface area contributed by atoms with E-state index in [-0.39, 0.29) is 25.1 Å². The number of ether oxygens (including phenoxy) is 1. The van der Waals surface area contributed by atoms with Crippen LogP contribution in [0.25, 0.3) is 0 Å². The predicted octanol–water partition coefficient (Wildman–Crippen LogP) is 2.97. The molecule has 0 saturated carbocycles. The van der Waals surface area contributed by atoms with Gasteiger partial charge in [0, 0.05) is 38.0 Å². The molecule has 1 amide bonds. The third-order valence-corrected chi connectivity index (χ3v) is 6.25. The van der Waals surface area contributed by atoms with Crippen LogP contribution in [-0.4, -0.2) is 70.6 Å². The molecule has 0 radical (unpaired) electrons. The summed E-state index contributed by atoms with van der Waals surface area (Å²) < 4.78 is 58.9. The van der Waals surface area contributed by atoms with Gasteiger partial charge in [-0.05, 0) is 12.5 Å². The number of piperazine rings is 1. The highest BCUT2D eigenvalue weighted by Crippen LogP contribution is 2.27. The quantitative estimate of drug-likeness (QED) is 0.327. The summed E-state index contributed by atoms with van der Waals surface area (Å²) in [5.74, 6) is -13.5. The zero-order valence-corrected chi connectivity index (χ0v) is 20.5. The van der Waals surface area contributed by atoms with E-state index in [1.54, 1.807) is 6.92 Å². The van der Waals surface area contributed by atoms with Gasteiger partial charge in [0.15, 0.2) is 29.0 Å². The molecule has 1 fully saturated rings. The number of hydrogen-bond donors (Lipinski definition) is 1. The minimum Gasteiger partial charge on any atom is -0.481 e. The SMILES string of the molecule is C[C@@H]1C(=O)N(CC(=O)C[C@@H](CC(=O)O)C(=O)COc2c(F)c(F)cc(F)c2F)CCN1Cc1ccccc1. The molecule has 1 heterocycles. The van der Waals surface area contributed by atoms with E-state index in [2.05, 4.69) is 4.74 Å². The first-order chi connectivity index (χ1) is 18.0. The van der Waals surface area contributed by atoms with E-state index in [0.29, 0.717) is 13.1 Å². The Morgan fingerprint density at radius 2 is 1.66 bits per heavy atom. The first-order valence-corrected chi connectivity index (χ1v) is 11.8. The fraction of sp³-hybridized carbons (Fsp3) is 0.385. The summed E-state index contributed by atoms with van der Waals surface area (Å²) in [6, 6.07) is 8.98. The van der Waals surface area contributed by atoms with Gasteiger partial charge in [-0.2, -0.15) is 8.78 Å². The molecule has 0 spiro atoms. The Morgan fingerprint density at radius 3 is 2.26 bits per heavy atom. The number of hydrogen-bond acceptors (Lipinski definition) is 6. The summed E-state index contributed by atoms with van der Waals surface area (Å²) in [5.41, 5.74) is 1.02. The lowest BCUT2D eigenvalue weighted by Gasteiger charge is -2.39. The van der Waals surface area contributed by atoms with Crippen molar-refractivity contribution in [1.82, 2.24) is 9.80 Å². The molecule has 0 unspecified atom stereocenters. The number of Topliss-reactive ketones (excluding diaryl/α,β-unsaturated/α-hetero) is 2. The number of carbonyl (C=O) groups excluding carboxylic acids is 3. The lowest BCUT2D eigenvalue weighted by atomic mass is 9.94. The maximum absolute atomic E-state index is 13.8. The Bertz CT molecular complexity index is 1180. The molecule has 0 aliphatic carbocycles. The van der Waals surface area contributed by atoms with Gasteiger partial charge in [-0.15, -0.1) is 0 Å². The summed E-state index contributed by atoms with van der Waals surface area (Å²) in [6.45, 7) is 1.50. The summed E-state index contributed by atoms with van der Waals surface area (Å²) in [7, 11) is 0. The molecule has 8 nitrogen and oxygen atoms in total. The van der Waals surface area contributed by atoms with E-state index < -0.39 is 78.0 Å². The van der Waals surface area contributed by atoms with Gasteiger partial charge in [-0.3, -0.25) is 24.1 Å². The van der Waals surface area contributed by atoms with Crippen molar-refractivity contribution in [3.05, 3.63) is 65.2 Å². The van der Waals surface area contributed by atoms with Crippen LogP contribution in [-0.2, 0) is 25.7 Å². The van der Waals surface area contributed by atoms with Crippen LogP contribution in [0.5, 0.6) is 5.75 Å². The largest absolute Gasteiger partial charge is 0.481 e. The molecule has 2 aromatic rings. The molecule has 1 aliphatic heterocycles. The second kappa shape index (κ2) is 12.6. The van der Waals surface area contributed by atoms with Gasteiger partial charge in [0.2, 0.25) is 17.5 Å². The summed E-state index contributed by atoms with van der Waals surface area (Å²) in [6.07, 6.45) is -1.38. The molecule has 1 N–H and O–H groups in total. The highest BCUT2D eigenvalue weighted by atomic mass is 19.2. The van der Waals surface area contributed by atoms with Crippen molar-refractivity contribution < 1.29 is 46.6 Å². The minimum atomic E-state index is -1.86. The van der Waals surface area contributed by atoms with Gasteiger partial charge in [0.25, 0.3) is 0 Å². The number of benzene rings is 2. The zero-order chi connectivity index (χ0) is 28.0. The van der Waals surface area contributed by atoms with Crippen LogP contribution >= 0.6 is 0 Å². The first kappa shape index (κ1) is 28.8. The van der Waals surface area contributed by atoms with E-state index in [1.165, 1.54) is 4.90 Å². The van der Waals surface area contributed by atoms with Crippen LogP contribution in [0.4, 0.5) is 17.6 Å². The van der Waals surface area contributed by atoms with Crippen LogP contribution in [0.3, 0.4) is 0 Å². The van der Waals surface area contributed by atoms with Crippen LogP contribution in [0.2, 0.25) is 0 Å². The van der Waals surface area contributed by atoms with Crippen LogP contribution < -0.4 is 4.74 Å². The van der Waals surface area contributed by atoms with Crippen molar-refractivity contribution in [2.24, 2.45) is 5.92 Å². The normalized spacial score (nSPS) is 16.8. The van der Waals surface area contributed by atoms with E-state index >= 15 is 0 Å². The van der Waals surface area contributed by atoms with Gasteiger partial charge in [-0.25, -0.2) is 8.78 Å². The molecule has 2 aromatic carbocycles. The Kier molecular flexibility index (Phi) is 9.56.